The molecule has 1 N–H and O–H groups in total. The van der Waals surface area contributed by atoms with Crippen molar-refractivity contribution < 1.29 is 4.74 Å². The molecule has 3 rings (SSSR count). The molecule has 0 spiro atoms. The van der Waals surface area contributed by atoms with E-state index in [4.69, 9.17) is 4.74 Å². The molecule has 0 bridgehead atoms. The third kappa shape index (κ3) is 2.72. The number of para-hydroxylation sites is 1. The number of ether oxygens (including phenoxy) is 1. The molecule has 2 unspecified atom stereocenters. The summed E-state index contributed by atoms with van der Waals surface area (Å²) in [6.07, 6.45) is 1.24. The minimum atomic E-state index is 0.240. The van der Waals surface area contributed by atoms with Gasteiger partial charge in [0.05, 0.1) is 10.7 Å². The van der Waals surface area contributed by atoms with Crippen LogP contribution in [0.2, 0.25) is 0 Å². The Kier molecular flexibility index (Phi) is 3.76. The zero-order valence-electron chi connectivity index (χ0n) is 12.1. The molecule has 2 aromatic rings. The van der Waals surface area contributed by atoms with Crippen molar-refractivity contribution >= 4 is 11.3 Å². The predicted octanol–water partition coefficient (Wildman–Crippen LogP) is 3.41. The second-order valence-corrected chi connectivity index (χ2v) is 6.60. The van der Waals surface area contributed by atoms with Crippen molar-refractivity contribution in [3.63, 3.8) is 0 Å². The number of benzene rings is 1. The first kappa shape index (κ1) is 13.6. The minimum absolute atomic E-state index is 0.240. The molecule has 0 fully saturated rings. The van der Waals surface area contributed by atoms with Gasteiger partial charge in [-0.2, -0.15) is 0 Å². The zero-order chi connectivity index (χ0) is 14.1. The normalized spacial score (nSPS) is 18.6. The number of aryl methyl sites for hydroxylation is 2. The number of fused-ring (bicyclic) bond motifs is 1. The second kappa shape index (κ2) is 5.54. The number of nitrogens with zero attached hydrogens (tertiary/aromatic N) is 1. The summed E-state index contributed by atoms with van der Waals surface area (Å²) < 4.78 is 5.95. The van der Waals surface area contributed by atoms with Crippen LogP contribution in [0.15, 0.2) is 24.3 Å². The van der Waals surface area contributed by atoms with E-state index in [0.717, 1.165) is 29.4 Å². The molecule has 3 nitrogen and oxygen atoms in total. The van der Waals surface area contributed by atoms with E-state index in [0.29, 0.717) is 6.04 Å². The molecule has 20 heavy (non-hydrogen) atoms. The topological polar surface area (TPSA) is 34.2 Å². The Hall–Kier alpha value is -1.39. The van der Waals surface area contributed by atoms with Crippen LogP contribution in [0.3, 0.4) is 0 Å². The van der Waals surface area contributed by atoms with Crippen molar-refractivity contribution in [3.05, 3.63) is 45.4 Å². The minimum Gasteiger partial charge on any atom is -0.488 e. The summed E-state index contributed by atoms with van der Waals surface area (Å²) in [5.41, 5.74) is 2.46. The van der Waals surface area contributed by atoms with Gasteiger partial charge in [0.15, 0.2) is 0 Å². The molecule has 0 saturated heterocycles. The smallest absolute Gasteiger partial charge is 0.123 e. The van der Waals surface area contributed by atoms with E-state index in [1.54, 1.807) is 11.3 Å². The van der Waals surface area contributed by atoms with E-state index in [2.05, 4.69) is 49.3 Å². The third-order valence-electron chi connectivity index (χ3n) is 3.70. The maximum absolute atomic E-state index is 5.95. The van der Waals surface area contributed by atoms with Gasteiger partial charge >= 0.3 is 0 Å². The van der Waals surface area contributed by atoms with E-state index in [1.165, 1.54) is 10.4 Å². The van der Waals surface area contributed by atoms with Crippen LogP contribution in [0.1, 0.15) is 34.1 Å². The van der Waals surface area contributed by atoms with E-state index < -0.39 is 0 Å². The molecule has 0 saturated carbocycles. The Morgan fingerprint density at radius 1 is 1.40 bits per heavy atom. The Morgan fingerprint density at radius 2 is 2.20 bits per heavy atom. The summed E-state index contributed by atoms with van der Waals surface area (Å²) in [5.74, 6) is 1.04. The van der Waals surface area contributed by atoms with Crippen molar-refractivity contribution in [2.75, 3.05) is 6.54 Å². The lowest BCUT2D eigenvalue weighted by molar-refractivity contribution is 0.223. The van der Waals surface area contributed by atoms with Crippen LogP contribution < -0.4 is 10.1 Å². The van der Waals surface area contributed by atoms with Gasteiger partial charge in [-0.25, -0.2) is 4.98 Å². The molecule has 1 aliphatic heterocycles. The fourth-order valence-corrected chi connectivity index (χ4v) is 3.67. The highest BCUT2D eigenvalue weighted by Crippen LogP contribution is 2.29. The van der Waals surface area contributed by atoms with E-state index in [1.807, 2.05) is 6.07 Å². The van der Waals surface area contributed by atoms with Crippen LogP contribution in [0, 0.1) is 13.8 Å². The Labute approximate surface area is 124 Å². The molecular formula is C16H20N2OS. The molecule has 2 atom stereocenters. The Morgan fingerprint density at radius 3 is 2.90 bits per heavy atom. The SMILES string of the molecule is Cc1nc(C)c(C(C)NCC2Cc3ccccc3O2)s1. The van der Waals surface area contributed by atoms with Gasteiger partial charge in [0.1, 0.15) is 11.9 Å². The second-order valence-electron chi connectivity index (χ2n) is 5.36. The average Bonchev–Trinajstić information content (AvgIpc) is 2.98. The van der Waals surface area contributed by atoms with Gasteiger partial charge in [0, 0.05) is 23.9 Å². The molecule has 1 aliphatic rings. The van der Waals surface area contributed by atoms with Gasteiger partial charge in [-0.05, 0) is 32.4 Å². The molecule has 0 radical (unpaired) electrons. The van der Waals surface area contributed by atoms with Crippen molar-refractivity contribution in [2.24, 2.45) is 0 Å². The van der Waals surface area contributed by atoms with Crippen LogP contribution >= 0.6 is 11.3 Å². The molecular weight excluding hydrogens is 268 g/mol. The largest absolute Gasteiger partial charge is 0.488 e. The number of nitrogens with one attached hydrogen (secondary N) is 1. The lowest BCUT2D eigenvalue weighted by Gasteiger charge is -2.16. The summed E-state index contributed by atoms with van der Waals surface area (Å²) in [6, 6.07) is 8.63. The highest BCUT2D eigenvalue weighted by molar-refractivity contribution is 7.11. The first-order valence-corrected chi connectivity index (χ1v) is 7.87. The lowest BCUT2D eigenvalue weighted by Crippen LogP contribution is -2.31. The van der Waals surface area contributed by atoms with Crippen LogP contribution in [-0.4, -0.2) is 17.6 Å². The standard InChI is InChI=1S/C16H20N2OS/c1-10(16-11(2)18-12(3)20-16)17-9-14-8-13-6-4-5-7-15(13)19-14/h4-7,10,14,17H,8-9H2,1-3H3. The quantitative estimate of drug-likeness (QED) is 0.936. The molecule has 0 amide bonds. The first-order chi connectivity index (χ1) is 9.63. The Bertz CT molecular complexity index is 583. The van der Waals surface area contributed by atoms with Crippen molar-refractivity contribution in [1.29, 1.82) is 0 Å². The predicted molar refractivity (Wildman–Crippen MR) is 82.6 cm³/mol. The van der Waals surface area contributed by atoms with Gasteiger partial charge in [0.25, 0.3) is 0 Å². The summed E-state index contributed by atoms with van der Waals surface area (Å²) in [5, 5.41) is 4.71. The third-order valence-corrected chi connectivity index (χ3v) is 4.95. The van der Waals surface area contributed by atoms with Crippen LogP contribution in [0.4, 0.5) is 0 Å². The van der Waals surface area contributed by atoms with Gasteiger partial charge < -0.3 is 10.1 Å². The van der Waals surface area contributed by atoms with Gasteiger partial charge in [-0.1, -0.05) is 18.2 Å². The summed E-state index contributed by atoms with van der Waals surface area (Å²) in [4.78, 5) is 5.82. The highest BCUT2D eigenvalue weighted by atomic mass is 32.1. The fourth-order valence-electron chi connectivity index (χ4n) is 2.72. The summed E-state index contributed by atoms with van der Waals surface area (Å²) >= 11 is 1.78. The summed E-state index contributed by atoms with van der Waals surface area (Å²) in [6.45, 7) is 7.21. The number of thiazole rings is 1. The van der Waals surface area contributed by atoms with Crippen LogP contribution in [-0.2, 0) is 6.42 Å². The zero-order valence-corrected chi connectivity index (χ0v) is 13.0. The fraction of sp³-hybridized carbons (Fsp3) is 0.438. The Balaban J connectivity index is 1.57. The summed E-state index contributed by atoms with van der Waals surface area (Å²) in [7, 11) is 0. The van der Waals surface area contributed by atoms with Crippen molar-refractivity contribution in [2.45, 2.75) is 39.3 Å². The van der Waals surface area contributed by atoms with E-state index in [-0.39, 0.29) is 6.10 Å². The number of hydrogen-bond acceptors (Lipinski definition) is 4. The molecule has 1 aromatic heterocycles. The van der Waals surface area contributed by atoms with Crippen molar-refractivity contribution in [1.82, 2.24) is 10.3 Å². The van der Waals surface area contributed by atoms with Gasteiger partial charge in [0.2, 0.25) is 0 Å². The molecule has 4 heteroatoms. The maximum Gasteiger partial charge on any atom is 0.123 e. The van der Waals surface area contributed by atoms with Crippen LogP contribution in [0.25, 0.3) is 0 Å². The first-order valence-electron chi connectivity index (χ1n) is 7.05. The van der Waals surface area contributed by atoms with Crippen molar-refractivity contribution in [3.8, 4) is 5.75 Å². The number of rotatable bonds is 4. The monoisotopic (exact) mass is 288 g/mol. The van der Waals surface area contributed by atoms with Gasteiger partial charge in [-0.15, -0.1) is 11.3 Å². The van der Waals surface area contributed by atoms with E-state index >= 15 is 0 Å². The van der Waals surface area contributed by atoms with E-state index in [9.17, 15) is 0 Å². The number of hydrogen-bond donors (Lipinski definition) is 1. The maximum atomic E-state index is 5.95. The number of aromatic nitrogens is 1. The van der Waals surface area contributed by atoms with Gasteiger partial charge in [-0.3, -0.25) is 0 Å². The van der Waals surface area contributed by atoms with Crippen LogP contribution in [0.5, 0.6) is 5.75 Å². The lowest BCUT2D eigenvalue weighted by atomic mass is 10.1. The average molecular weight is 288 g/mol. The molecule has 0 aliphatic carbocycles. The molecule has 106 valence electrons. The molecule has 1 aromatic carbocycles. The molecule has 2 heterocycles. The highest BCUT2D eigenvalue weighted by Gasteiger charge is 2.23.